The molecule has 3 rings (SSSR count). The zero-order valence-electron chi connectivity index (χ0n) is 12.9. The molecule has 2 heterocycles. The van der Waals surface area contributed by atoms with Crippen molar-refractivity contribution < 1.29 is 28.3 Å². The van der Waals surface area contributed by atoms with Gasteiger partial charge in [0, 0.05) is 24.3 Å². The molecule has 0 fully saturated rings. The van der Waals surface area contributed by atoms with Crippen LogP contribution in [0.2, 0.25) is 0 Å². The molecule has 25 heavy (non-hydrogen) atoms. The van der Waals surface area contributed by atoms with Gasteiger partial charge in [-0.2, -0.15) is 17.9 Å². The fraction of sp³-hybridized carbons (Fsp3) is 0.125. The lowest BCUT2D eigenvalue weighted by molar-refractivity contribution is -0.137. The van der Waals surface area contributed by atoms with Crippen LogP contribution in [0.4, 0.5) is 13.2 Å². The van der Waals surface area contributed by atoms with Gasteiger partial charge in [-0.05, 0) is 24.3 Å². The first-order valence-corrected chi connectivity index (χ1v) is 7.45. The van der Waals surface area contributed by atoms with E-state index in [0.717, 1.165) is 0 Å². The van der Waals surface area contributed by atoms with Crippen molar-refractivity contribution in [2.75, 3.05) is 6.38 Å². The molecular formula is C16H14ClF3N2O3. The molecule has 9 heteroatoms. The molecular weight excluding hydrogens is 361 g/mol. The predicted octanol–water partition coefficient (Wildman–Crippen LogP) is 4.48. The minimum absolute atomic E-state index is 0.0974. The minimum Gasteiger partial charge on any atom is -0.478 e. The van der Waals surface area contributed by atoms with Crippen molar-refractivity contribution in [3.63, 3.8) is 0 Å². The Hall–Kier alpha value is -2.74. The number of hydrogen-bond acceptors (Lipinski definition) is 3. The molecule has 0 bridgehead atoms. The quantitative estimate of drug-likeness (QED) is 0.486. The van der Waals surface area contributed by atoms with Crippen molar-refractivity contribution in [3.8, 4) is 11.4 Å². The van der Waals surface area contributed by atoms with Gasteiger partial charge in [0.1, 0.15) is 0 Å². The van der Waals surface area contributed by atoms with E-state index in [1.807, 2.05) is 0 Å². The molecule has 0 saturated heterocycles. The van der Waals surface area contributed by atoms with Crippen LogP contribution in [0.25, 0.3) is 11.4 Å². The highest BCUT2D eigenvalue weighted by atomic mass is 35.5. The van der Waals surface area contributed by atoms with Crippen molar-refractivity contribution in [3.05, 3.63) is 66.0 Å². The highest BCUT2D eigenvalue weighted by Crippen LogP contribution is 2.37. The van der Waals surface area contributed by atoms with E-state index in [1.54, 1.807) is 30.3 Å². The number of carbonyl (C=O) groups is 1. The Morgan fingerprint density at radius 2 is 1.72 bits per heavy atom. The van der Waals surface area contributed by atoms with Gasteiger partial charge in [-0.15, -0.1) is 11.6 Å². The number of rotatable bonds is 1. The number of carboxylic acid groups (broad SMARTS) is 1. The van der Waals surface area contributed by atoms with Crippen LogP contribution < -0.4 is 0 Å². The molecule has 0 saturated carbocycles. The lowest BCUT2D eigenvalue weighted by Gasteiger charge is -2.07. The van der Waals surface area contributed by atoms with Crippen LogP contribution >= 0.6 is 11.6 Å². The summed E-state index contributed by atoms with van der Waals surface area (Å²) in [5.74, 6) is -0.976. The number of aromatic nitrogens is 2. The fourth-order valence-electron chi connectivity index (χ4n) is 1.83. The molecule has 1 aromatic carbocycles. The van der Waals surface area contributed by atoms with E-state index in [2.05, 4.69) is 16.6 Å². The maximum Gasteiger partial charge on any atom is 0.418 e. The number of halogens is 4. The van der Waals surface area contributed by atoms with Crippen molar-refractivity contribution in [2.24, 2.45) is 0 Å². The predicted molar refractivity (Wildman–Crippen MR) is 86.2 cm³/mol. The first-order chi connectivity index (χ1) is 11.8. The number of alkyl halides is 4. The molecule has 0 aromatic heterocycles. The largest absolute Gasteiger partial charge is 0.478 e. The molecule has 2 aliphatic rings. The molecule has 2 aliphatic heterocycles. The Morgan fingerprint density at radius 1 is 1.12 bits per heavy atom. The number of hydrogen-bond donors (Lipinski definition) is 2. The van der Waals surface area contributed by atoms with Gasteiger partial charge in [0.15, 0.2) is 5.82 Å². The van der Waals surface area contributed by atoms with Crippen LogP contribution in [-0.4, -0.2) is 32.4 Å². The fourth-order valence-corrected chi connectivity index (χ4v) is 1.83. The first-order valence-electron chi connectivity index (χ1n) is 6.69. The third kappa shape index (κ3) is 5.39. The summed E-state index contributed by atoms with van der Waals surface area (Å²) in [6.07, 6.45) is -1.05. The lowest BCUT2D eigenvalue weighted by atomic mass is 10.1. The van der Waals surface area contributed by atoms with Crippen molar-refractivity contribution >= 4 is 17.6 Å². The van der Waals surface area contributed by atoms with Crippen LogP contribution in [-0.2, 0) is 6.18 Å². The van der Waals surface area contributed by atoms with Crippen LogP contribution in [0.15, 0.2) is 54.9 Å². The van der Waals surface area contributed by atoms with Gasteiger partial charge in [-0.3, -0.25) is 0 Å². The summed E-state index contributed by atoms with van der Waals surface area (Å²) >= 11 is 4.64. The summed E-state index contributed by atoms with van der Waals surface area (Å²) in [6.45, 7) is 0. The van der Waals surface area contributed by atoms with E-state index in [4.69, 9.17) is 10.3 Å². The van der Waals surface area contributed by atoms with Gasteiger partial charge in [0.25, 0.3) is 0 Å². The number of aromatic carboxylic acids is 1. The zero-order chi connectivity index (χ0) is 19.0. The summed E-state index contributed by atoms with van der Waals surface area (Å²) in [7, 11) is 0. The van der Waals surface area contributed by atoms with Gasteiger partial charge in [-0.25, -0.2) is 9.78 Å². The number of pyridine rings is 1. The smallest absolute Gasteiger partial charge is 0.418 e. The average molecular weight is 375 g/mol. The highest BCUT2D eigenvalue weighted by molar-refractivity contribution is 6.15. The van der Waals surface area contributed by atoms with E-state index in [-0.39, 0.29) is 11.4 Å². The maximum atomic E-state index is 12.4. The molecule has 2 N–H and O–H groups in total. The normalized spacial score (nSPS) is 10.3. The van der Waals surface area contributed by atoms with Crippen molar-refractivity contribution in [2.45, 2.75) is 6.18 Å². The summed E-state index contributed by atoms with van der Waals surface area (Å²) < 4.78 is 37.6. The van der Waals surface area contributed by atoms with E-state index in [0.29, 0.717) is 16.5 Å². The zero-order valence-corrected chi connectivity index (χ0v) is 13.7. The molecule has 0 spiro atoms. The highest BCUT2D eigenvalue weighted by Gasteiger charge is 2.36. The molecule has 0 aliphatic carbocycles. The summed E-state index contributed by atoms with van der Waals surface area (Å²) in [6, 6.07) is 10.9. The average Bonchev–Trinajstić information content (AvgIpc) is 3.04. The van der Waals surface area contributed by atoms with Crippen molar-refractivity contribution in [1.29, 1.82) is 0 Å². The van der Waals surface area contributed by atoms with E-state index < -0.39 is 17.7 Å². The van der Waals surface area contributed by atoms with Crippen LogP contribution in [0, 0.1) is 0 Å². The topological polar surface area (TPSA) is 75.3 Å². The minimum atomic E-state index is -4.44. The molecule has 0 unspecified atom stereocenters. The Kier molecular flexibility index (Phi) is 7.25. The van der Waals surface area contributed by atoms with Gasteiger partial charge >= 0.3 is 12.1 Å². The number of benzene rings is 1. The SMILES string of the molecule is CCl.O=C(O)c1ccccc1.On1cccc2c(C(F)(F)F)cnc1-2. The van der Waals surface area contributed by atoms with Crippen LogP contribution in [0.5, 0.6) is 0 Å². The monoisotopic (exact) mass is 374 g/mol. The molecule has 1 aromatic rings. The maximum absolute atomic E-state index is 12.4. The molecule has 0 amide bonds. The van der Waals surface area contributed by atoms with Gasteiger partial charge in [0.2, 0.25) is 0 Å². The second-order valence-corrected chi connectivity index (χ2v) is 4.43. The molecule has 134 valence electrons. The second-order valence-electron chi connectivity index (χ2n) is 4.43. The first kappa shape index (κ1) is 20.3. The standard InChI is InChI=1S/C8H5F3N2O.C7H6O2.CH3Cl/c9-8(10,11)6-4-12-7-5(6)2-1-3-13(7)14;8-7(9)6-4-2-1-3-5-6;1-2/h1-4,14H;1-5H,(H,8,9);1H3. The Balaban J connectivity index is 0.000000246. The molecule has 0 radical (unpaired) electrons. The lowest BCUT2D eigenvalue weighted by Crippen LogP contribution is -2.05. The van der Waals surface area contributed by atoms with Crippen LogP contribution in [0.3, 0.4) is 0 Å². The van der Waals surface area contributed by atoms with Gasteiger partial charge in [-0.1, -0.05) is 18.2 Å². The number of nitrogens with zero attached hydrogens (tertiary/aromatic N) is 2. The Bertz CT molecular complexity index is 776. The van der Waals surface area contributed by atoms with Crippen molar-refractivity contribution in [1.82, 2.24) is 9.71 Å². The number of fused-ring (bicyclic) bond motifs is 1. The summed E-state index contributed by atoms with van der Waals surface area (Å²) in [5.41, 5.74) is -0.615. The summed E-state index contributed by atoms with van der Waals surface area (Å²) in [4.78, 5) is 13.7. The van der Waals surface area contributed by atoms with E-state index >= 15 is 0 Å². The third-order valence-electron chi connectivity index (χ3n) is 2.88. The number of carboxylic acids is 1. The Morgan fingerprint density at radius 3 is 2.20 bits per heavy atom. The molecule has 5 nitrogen and oxygen atoms in total. The summed E-state index contributed by atoms with van der Waals surface area (Å²) in [5, 5.41) is 17.5. The van der Waals surface area contributed by atoms with E-state index in [9.17, 15) is 18.0 Å². The molecule has 0 atom stereocenters. The van der Waals surface area contributed by atoms with Gasteiger partial charge < -0.3 is 10.3 Å². The Labute approximate surface area is 146 Å². The second kappa shape index (κ2) is 8.93. The third-order valence-corrected chi connectivity index (χ3v) is 2.88. The van der Waals surface area contributed by atoms with Crippen LogP contribution in [0.1, 0.15) is 15.9 Å². The van der Waals surface area contributed by atoms with E-state index in [1.165, 1.54) is 24.7 Å². The van der Waals surface area contributed by atoms with Gasteiger partial charge in [0.05, 0.1) is 11.1 Å².